The highest BCUT2D eigenvalue weighted by Gasteiger charge is 2.06. The van der Waals surface area contributed by atoms with Crippen LogP contribution in [-0.2, 0) is 0 Å². The molecule has 3 heteroatoms. The van der Waals surface area contributed by atoms with Crippen molar-refractivity contribution < 1.29 is 18.1 Å². The van der Waals surface area contributed by atoms with Gasteiger partial charge in [0, 0.05) is 11.5 Å². The van der Waals surface area contributed by atoms with E-state index in [1.807, 2.05) is 0 Å². The first-order chi connectivity index (χ1) is 8.79. The smallest absolute Gasteiger partial charge is 0.125 e. The molecule has 0 aliphatic rings. The van der Waals surface area contributed by atoms with Crippen LogP contribution >= 0.6 is 0 Å². The van der Waals surface area contributed by atoms with Crippen molar-refractivity contribution in [3.8, 4) is 11.5 Å². The Morgan fingerprint density at radius 2 is 2.21 bits per heavy atom. The molecule has 3 nitrogen and oxygen atoms in total. The number of hydrogen-bond acceptors (Lipinski definition) is 3. The Labute approximate surface area is 92.9 Å². The summed E-state index contributed by atoms with van der Waals surface area (Å²) >= 11 is 0. The maximum atomic E-state index is 9.40. The summed E-state index contributed by atoms with van der Waals surface area (Å²) in [6, 6.07) is -0.247. The van der Waals surface area contributed by atoms with Gasteiger partial charge in [-0.15, -0.1) is 0 Å². The summed E-state index contributed by atoms with van der Waals surface area (Å²) in [5.74, 6) is 0.0349. The molecule has 78 valence electrons. The molecule has 1 aromatic rings. The normalized spacial score (nSPS) is 23.1. The first-order valence-electron chi connectivity index (χ1n) is 7.08. The van der Waals surface area contributed by atoms with Crippen LogP contribution in [0.2, 0.25) is 0 Å². The highest BCUT2D eigenvalue weighted by Crippen LogP contribution is 2.27. The maximum absolute atomic E-state index is 9.40. The topological polar surface area (TPSA) is 55.5 Å². The molecule has 0 bridgehead atoms. The molecule has 0 amide bonds. The van der Waals surface area contributed by atoms with Gasteiger partial charge in [-0.2, -0.15) is 0 Å². The number of benzene rings is 1. The average Bonchev–Trinajstić information content (AvgIpc) is 2.21. The van der Waals surface area contributed by atoms with E-state index in [0.717, 1.165) is 0 Å². The lowest BCUT2D eigenvalue weighted by Gasteiger charge is -2.13. The van der Waals surface area contributed by atoms with E-state index in [-0.39, 0.29) is 11.5 Å². The molecule has 0 saturated carbocycles. The van der Waals surface area contributed by atoms with Crippen LogP contribution in [0, 0.1) is 13.8 Å². The van der Waals surface area contributed by atoms with E-state index in [1.165, 1.54) is 12.1 Å². The van der Waals surface area contributed by atoms with Crippen molar-refractivity contribution in [2.75, 3.05) is 6.56 Å². The molecule has 0 spiro atoms. The van der Waals surface area contributed by atoms with Crippen molar-refractivity contribution in [2.45, 2.75) is 26.7 Å². The van der Waals surface area contributed by atoms with Gasteiger partial charge in [-0.05, 0) is 44.0 Å². The molecule has 0 aliphatic carbocycles. The summed E-state index contributed by atoms with van der Waals surface area (Å²) in [5.41, 5.74) is 6.12. The fourth-order valence-corrected chi connectivity index (χ4v) is 1.19. The molecule has 0 aliphatic heterocycles. The van der Waals surface area contributed by atoms with Crippen LogP contribution in [0.25, 0.3) is 0 Å². The lowest BCUT2D eigenvalue weighted by Crippen LogP contribution is -2.24. The van der Waals surface area contributed by atoms with Crippen molar-refractivity contribution >= 4 is 0 Å². The molecule has 1 aromatic carbocycles. The predicted octanol–water partition coefficient (Wildman–Crippen LogP) is 1.74. The Kier molecular flexibility index (Phi) is 1.56. The van der Waals surface area contributed by atoms with E-state index in [1.54, 1.807) is 13.8 Å². The van der Waals surface area contributed by atoms with Gasteiger partial charge in [0.15, 0.2) is 0 Å². The lowest BCUT2D eigenvalue weighted by molar-refractivity contribution is 0.292. The molecule has 0 radical (unpaired) electrons. The van der Waals surface area contributed by atoms with Gasteiger partial charge in [-0.25, -0.2) is 0 Å². The van der Waals surface area contributed by atoms with Gasteiger partial charge in [0.25, 0.3) is 0 Å². The van der Waals surface area contributed by atoms with E-state index in [2.05, 4.69) is 0 Å². The molecule has 1 unspecified atom stereocenters. The molecular formula is C11H17NO2. The Hall–Kier alpha value is -1.22. The Morgan fingerprint density at radius 3 is 2.71 bits per heavy atom. The molecule has 0 heterocycles. The predicted molar refractivity (Wildman–Crippen MR) is 56.7 cm³/mol. The lowest BCUT2D eigenvalue weighted by atomic mass is 10.1. The Balaban J connectivity index is 3.22. The first kappa shape index (κ1) is 5.03. The summed E-state index contributed by atoms with van der Waals surface area (Å²) < 4.78 is 49.5. The van der Waals surface area contributed by atoms with Crippen LogP contribution in [-0.4, -0.2) is 17.7 Å². The second kappa shape index (κ2) is 4.33. The number of phenols is 1. The highest BCUT2D eigenvalue weighted by atomic mass is 16.5. The molecule has 1 atom stereocenters. The van der Waals surface area contributed by atoms with Crippen molar-refractivity contribution in [2.24, 2.45) is 5.73 Å². The number of aryl methyl sites for hydroxylation is 2. The number of aromatic hydroxyl groups is 1. The molecule has 0 fully saturated rings. The van der Waals surface area contributed by atoms with Crippen LogP contribution < -0.4 is 10.5 Å². The fourth-order valence-electron chi connectivity index (χ4n) is 1.19. The third-order valence-electron chi connectivity index (χ3n) is 1.71. The Bertz CT molecular complexity index is 489. The van der Waals surface area contributed by atoms with Gasteiger partial charge in [0.05, 0.1) is 2.74 Å². The van der Waals surface area contributed by atoms with Crippen molar-refractivity contribution in [1.29, 1.82) is 0 Å². The van der Waals surface area contributed by atoms with Crippen molar-refractivity contribution in [3.05, 3.63) is 23.3 Å². The van der Waals surface area contributed by atoms with Crippen LogP contribution in [0.5, 0.6) is 11.5 Å². The standard InChI is InChI=1S/C11H17NO2/c1-7-4-10(13)5-8(2)11(7)14-6-9(3)12/h4-5,9,13H,6,12H2,1-3H3/i3D3,6D2,9D. The number of rotatable bonds is 3. The third-order valence-corrected chi connectivity index (χ3v) is 1.71. The second-order valence-electron chi connectivity index (χ2n) is 3.03. The summed E-state index contributed by atoms with van der Waals surface area (Å²) in [6.45, 7) is -2.87. The van der Waals surface area contributed by atoms with E-state index in [0.29, 0.717) is 11.1 Å². The zero-order valence-electron chi connectivity index (χ0n) is 14.1. The van der Waals surface area contributed by atoms with E-state index < -0.39 is 19.4 Å². The Morgan fingerprint density at radius 1 is 1.64 bits per heavy atom. The minimum atomic E-state index is -3.06. The van der Waals surface area contributed by atoms with Gasteiger partial charge >= 0.3 is 0 Å². The van der Waals surface area contributed by atoms with E-state index >= 15 is 0 Å². The number of nitrogens with two attached hydrogens (primary N) is 1. The minimum Gasteiger partial charge on any atom is -0.508 e. The largest absolute Gasteiger partial charge is 0.508 e. The summed E-state index contributed by atoms with van der Waals surface area (Å²) in [5, 5.41) is 9.40. The summed E-state index contributed by atoms with van der Waals surface area (Å²) in [7, 11) is 0. The summed E-state index contributed by atoms with van der Waals surface area (Å²) in [4.78, 5) is 0. The molecule has 0 saturated heterocycles. The van der Waals surface area contributed by atoms with Gasteiger partial charge in [0.1, 0.15) is 18.1 Å². The first-order valence-corrected chi connectivity index (χ1v) is 4.08. The maximum Gasteiger partial charge on any atom is 0.125 e. The molecule has 14 heavy (non-hydrogen) atoms. The van der Waals surface area contributed by atoms with E-state index in [4.69, 9.17) is 18.7 Å². The number of phenolic OH excluding ortho intramolecular Hbond substituents is 1. The highest BCUT2D eigenvalue weighted by molar-refractivity contribution is 5.45. The third kappa shape index (κ3) is 2.64. The second-order valence-corrected chi connectivity index (χ2v) is 3.03. The molecule has 3 N–H and O–H groups in total. The summed E-state index contributed by atoms with van der Waals surface area (Å²) in [6.07, 6.45) is 0. The average molecular weight is 201 g/mol. The monoisotopic (exact) mass is 201 g/mol. The van der Waals surface area contributed by atoms with E-state index in [9.17, 15) is 5.11 Å². The van der Waals surface area contributed by atoms with Crippen LogP contribution in [0.15, 0.2) is 12.1 Å². The van der Waals surface area contributed by atoms with Gasteiger partial charge in [-0.3, -0.25) is 0 Å². The molecular weight excluding hydrogens is 178 g/mol. The van der Waals surface area contributed by atoms with Crippen LogP contribution in [0.4, 0.5) is 0 Å². The fraction of sp³-hybridized carbons (Fsp3) is 0.455. The van der Waals surface area contributed by atoms with Crippen molar-refractivity contribution in [1.82, 2.24) is 0 Å². The van der Waals surface area contributed by atoms with Gasteiger partial charge in [0.2, 0.25) is 0 Å². The van der Waals surface area contributed by atoms with Crippen LogP contribution in [0.1, 0.15) is 26.2 Å². The quantitative estimate of drug-likeness (QED) is 0.783. The molecule has 1 rings (SSSR count). The zero-order valence-corrected chi connectivity index (χ0v) is 8.09. The SMILES string of the molecule is [2H]C([2H])([2H])C([2H])(N)C([2H])([2H])Oc1c(C)cc(O)cc1C. The zero-order chi connectivity index (χ0) is 15.9. The molecule has 0 aromatic heterocycles. The van der Waals surface area contributed by atoms with Gasteiger partial charge < -0.3 is 15.6 Å². The van der Waals surface area contributed by atoms with Crippen molar-refractivity contribution in [3.63, 3.8) is 0 Å². The van der Waals surface area contributed by atoms with Crippen LogP contribution in [0.3, 0.4) is 0 Å². The van der Waals surface area contributed by atoms with Gasteiger partial charge in [-0.1, -0.05) is 0 Å². The number of ether oxygens (including phenoxy) is 1. The number of hydrogen-bond donors (Lipinski definition) is 2. The minimum absolute atomic E-state index is 0.0198.